The quantitative estimate of drug-likeness (QED) is 0.673. The predicted octanol–water partition coefficient (Wildman–Crippen LogP) is 3.32. The molecule has 0 unspecified atom stereocenters. The number of benzene rings is 1. The van der Waals surface area contributed by atoms with Crippen molar-refractivity contribution in [2.45, 2.75) is 24.1 Å². The first-order valence-corrected chi connectivity index (χ1v) is 8.22. The number of methoxy groups -OCH3 is 1. The first-order chi connectivity index (χ1) is 11.3. The van der Waals surface area contributed by atoms with Crippen molar-refractivity contribution < 1.29 is 14.3 Å². The Morgan fingerprint density at radius 1 is 1.30 bits per heavy atom. The Balaban J connectivity index is 1.75. The van der Waals surface area contributed by atoms with Crippen LogP contribution in [-0.2, 0) is 18.9 Å². The Morgan fingerprint density at radius 3 is 2.96 bits per heavy atom. The normalized spacial score (nSPS) is 10.9. The van der Waals surface area contributed by atoms with Gasteiger partial charge in [0.25, 0.3) is 0 Å². The molecule has 0 bridgehead atoms. The van der Waals surface area contributed by atoms with Gasteiger partial charge in [-0.05, 0) is 29.8 Å². The highest BCUT2D eigenvalue weighted by Gasteiger charge is 2.12. The molecule has 2 aromatic heterocycles. The van der Waals surface area contributed by atoms with Crippen LogP contribution in [0, 0.1) is 0 Å². The Morgan fingerprint density at radius 2 is 2.22 bits per heavy atom. The summed E-state index contributed by atoms with van der Waals surface area (Å²) >= 11 is 1.62. The lowest BCUT2D eigenvalue weighted by Crippen LogP contribution is -2.05. The summed E-state index contributed by atoms with van der Waals surface area (Å²) in [5.74, 6) is 2.45. The van der Waals surface area contributed by atoms with Crippen LogP contribution in [0.4, 0.5) is 0 Å². The minimum Gasteiger partial charge on any atom is -0.497 e. The van der Waals surface area contributed by atoms with Gasteiger partial charge in [-0.2, -0.15) is 0 Å². The van der Waals surface area contributed by atoms with Gasteiger partial charge in [0, 0.05) is 5.75 Å². The van der Waals surface area contributed by atoms with E-state index in [9.17, 15) is 5.11 Å². The number of aromatic nitrogens is 2. The molecule has 0 radical (unpaired) electrons. The van der Waals surface area contributed by atoms with Gasteiger partial charge < -0.3 is 18.8 Å². The highest BCUT2D eigenvalue weighted by atomic mass is 32.2. The van der Waals surface area contributed by atoms with Crippen LogP contribution < -0.4 is 4.74 Å². The van der Waals surface area contributed by atoms with E-state index in [1.54, 1.807) is 31.3 Å². The maximum absolute atomic E-state index is 9.50. The van der Waals surface area contributed by atoms with E-state index in [0.29, 0.717) is 6.54 Å². The fourth-order valence-corrected chi connectivity index (χ4v) is 3.21. The monoisotopic (exact) mass is 330 g/mol. The minimum atomic E-state index is -0.0482. The number of aliphatic hydroxyl groups is 1. The third kappa shape index (κ3) is 3.78. The van der Waals surface area contributed by atoms with Gasteiger partial charge in [0.2, 0.25) is 0 Å². The fraction of sp³-hybridized carbons (Fsp3) is 0.235. The molecule has 0 aliphatic heterocycles. The van der Waals surface area contributed by atoms with E-state index in [-0.39, 0.29) is 6.61 Å². The van der Waals surface area contributed by atoms with Crippen molar-refractivity contribution in [3.8, 4) is 5.75 Å². The second kappa shape index (κ2) is 7.39. The molecule has 0 amide bonds. The zero-order valence-electron chi connectivity index (χ0n) is 12.8. The molecular formula is C17H18N2O3S. The molecule has 1 N–H and O–H groups in total. The molecule has 2 heterocycles. The number of imidazole rings is 1. The Labute approximate surface area is 138 Å². The molecule has 0 saturated heterocycles. The highest BCUT2D eigenvalue weighted by Crippen LogP contribution is 2.25. The summed E-state index contributed by atoms with van der Waals surface area (Å²) in [6.07, 6.45) is 3.35. The van der Waals surface area contributed by atoms with Gasteiger partial charge in [0.15, 0.2) is 5.16 Å². The van der Waals surface area contributed by atoms with Crippen LogP contribution in [0.25, 0.3) is 0 Å². The highest BCUT2D eigenvalue weighted by molar-refractivity contribution is 7.98. The lowest BCUT2D eigenvalue weighted by Gasteiger charge is -2.09. The number of hydrogen-bond donors (Lipinski definition) is 1. The van der Waals surface area contributed by atoms with Crippen LogP contribution >= 0.6 is 11.8 Å². The number of ether oxygens (including phenoxy) is 1. The zero-order valence-corrected chi connectivity index (χ0v) is 13.6. The van der Waals surface area contributed by atoms with Gasteiger partial charge in [0.1, 0.15) is 11.5 Å². The summed E-state index contributed by atoms with van der Waals surface area (Å²) < 4.78 is 12.6. The van der Waals surface area contributed by atoms with E-state index >= 15 is 0 Å². The van der Waals surface area contributed by atoms with Crippen molar-refractivity contribution in [1.29, 1.82) is 0 Å². The summed E-state index contributed by atoms with van der Waals surface area (Å²) in [6, 6.07) is 11.7. The predicted molar refractivity (Wildman–Crippen MR) is 88.5 cm³/mol. The number of hydrogen-bond acceptors (Lipinski definition) is 5. The average molecular weight is 330 g/mol. The average Bonchev–Trinajstić information content (AvgIpc) is 3.23. The molecule has 0 atom stereocenters. The van der Waals surface area contributed by atoms with Crippen molar-refractivity contribution in [1.82, 2.24) is 9.55 Å². The van der Waals surface area contributed by atoms with Gasteiger partial charge in [-0.1, -0.05) is 23.9 Å². The van der Waals surface area contributed by atoms with E-state index in [1.807, 2.05) is 34.9 Å². The van der Waals surface area contributed by atoms with Crippen LogP contribution in [0.5, 0.6) is 5.75 Å². The largest absolute Gasteiger partial charge is 0.497 e. The lowest BCUT2D eigenvalue weighted by atomic mass is 10.2. The number of aliphatic hydroxyl groups excluding tert-OH is 1. The van der Waals surface area contributed by atoms with Crippen LogP contribution in [0.15, 0.2) is 58.4 Å². The Hall–Kier alpha value is -2.18. The van der Waals surface area contributed by atoms with Crippen molar-refractivity contribution in [3.63, 3.8) is 0 Å². The fourth-order valence-electron chi connectivity index (χ4n) is 2.27. The summed E-state index contributed by atoms with van der Waals surface area (Å²) in [6.45, 7) is 0.511. The number of nitrogens with zero attached hydrogens (tertiary/aromatic N) is 2. The summed E-state index contributed by atoms with van der Waals surface area (Å²) in [7, 11) is 1.66. The molecule has 0 fully saturated rings. The van der Waals surface area contributed by atoms with E-state index in [4.69, 9.17) is 9.15 Å². The molecule has 0 aliphatic rings. The van der Waals surface area contributed by atoms with Crippen molar-refractivity contribution >= 4 is 11.8 Å². The molecule has 5 nitrogen and oxygen atoms in total. The van der Waals surface area contributed by atoms with Gasteiger partial charge >= 0.3 is 0 Å². The standard InChI is InChI=1S/C17H18N2O3S/c1-21-15-5-2-4-13(8-15)12-23-17-18-9-14(11-20)19(17)10-16-6-3-7-22-16/h2-9,20H,10-12H2,1H3. The molecule has 0 aliphatic carbocycles. The third-order valence-electron chi connectivity index (χ3n) is 3.46. The third-order valence-corrected chi connectivity index (χ3v) is 4.52. The molecule has 3 rings (SSSR count). The van der Waals surface area contributed by atoms with E-state index in [2.05, 4.69) is 11.1 Å². The smallest absolute Gasteiger partial charge is 0.168 e. The zero-order chi connectivity index (χ0) is 16.1. The second-order valence-corrected chi connectivity index (χ2v) is 5.94. The van der Waals surface area contributed by atoms with E-state index < -0.39 is 0 Å². The SMILES string of the molecule is COc1cccc(CSc2ncc(CO)n2Cc2ccco2)c1. The molecule has 1 aromatic carbocycles. The molecule has 120 valence electrons. The maximum atomic E-state index is 9.50. The van der Waals surface area contributed by atoms with Crippen molar-refractivity contribution in [2.24, 2.45) is 0 Å². The first kappa shape index (κ1) is 15.7. The van der Waals surface area contributed by atoms with Crippen molar-refractivity contribution in [3.05, 3.63) is 65.9 Å². The van der Waals surface area contributed by atoms with Gasteiger partial charge in [0.05, 0.1) is 38.4 Å². The topological polar surface area (TPSA) is 60.4 Å². The first-order valence-electron chi connectivity index (χ1n) is 7.23. The molecule has 0 spiro atoms. The molecule has 23 heavy (non-hydrogen) atoms. The van der Waals surface area contributed by atoms with Gasteiger partial charge in [-0.25, -0.2) is 4.98 Å². The molecule has 0 saturated carbocycles. The van der Waals surface area contributed by atoms with E-state index in [1.165, 1.54) is 0 Å². The molecule has 6 heteroatoms. The summed E-state index contributed by atoms with van der Waals surface area (Å²) in [4.78, 5) is 4.42. The summed E-state index contributed by atoms with van der Waals surface area (Å²) in [5, 5.41) is 10.4. The van der Waals surface area contributed by atoms with Gasteiger partial charge in [-0.3, -0.25) is 0 Å². The van der Waals surface area contributed by atoms with Crippen LogP contribution in [-0.4, -0.2) is 21.8 Å². The number of rotatable bonds is 7. The van der Waals surface area contributed by atoms with Crippen molar-refractivity contribution in [2.75, 3.05) is 7.11 Å². The minimum absolute atomic E-state index is 0.0482. The number of thioether (sulfide) groups is 1. The number of furan rings is 1. The Bertz CT molecular complexity index is 753. The maximum Gasteiger partial charge on any atom is 0.168 e. The molecular weight excluding hydrogens is 312 g/mol. The molecule has 3 aromatic rings. The Kier molecular flexibility index (Phi) is 5.05. The van der Waals surface area contributed by atoms with E-state index in [0.717, 1.165) is 33.7 Å². The second-order valence-electron chi connectivity index (χ2n) is 5.00. The summed E-state index contributed by atoms with van der Waals surface area (Å²) in [5.41, 5.74) is 1.93. The lowest BCUT2D eigenvalue weighted by molar-refractivity contribution is 0.269. The van der Waals surface area contributed by atoms with Crippen LogP contribution in [0.1, 0.15) is 17.0 Å². The van der Waals surface area contributed by atoms with Gasteiger partial charge in [-0.15, -0.1) is 0 Å². The van der Waals surface area contributed by atoms with Crippen LogP contribution in [0.2, 0.25) is 0 Å². The van der Waals surface area contributed by atoms with Crippen LogP contribution in [0.3, 0.4) is 0 Å².